The first-order chi connectivity index (χ1) is 7.19. The number of benzene rings is 1. The van der Waals surface area contributed by atoms with Crippen molar-refractivity contribution in [2.75, 3.05) is 20.7 Å². The maximum atomic E-state index is 5.23. The van der Waals surface area contributed by atoms with Gasteiger partial charge in [0.1, 0.15) is 5.75 Å². The minimum absolute atomic E-state index is 0.444. The summed E-state index contributed by atoms with van der Waals surface area (Å²) >= 11 is 0. The molecule has 0 radical (unpaired) electrons. The number of hydrogen-bond donors (Lipinski definition) is 0. The molecule has 2 nitrogen and oxygen atoms in total. The van der Waals surface area contributed by atoms with Gasteiger partial charge in [0.05, 0.1) is 7.11 Å². The van der Waals surface area contributed by atoms with Crippen LogP contribution in [0.4, 0.5) is 0 Å². The van der Waals surface area contributed by atoms with E-state index in [4.69, 9.17) is 4.74 Å². The quantitative estimate of drug-likeness (QED) is 0.735. The monoisotopic (exact) mass is 207 g/mol. The zero-order valence-corrected chi connectivity index (χ0v) is 10.2. The van der Waals surface area contributed by atoms with Gasteiger partial charge in [-0.05, 0) is 44.6 Å². The normalized spacial score (nSPS) is 12.9. The van der Waals surface area contributed by atoms with E-state index >= 15 is 0 Å². The van der Waals surface area contributed by atoms with Crippen molar-refractivity contribution in [2.45, 2.75) is 26.3 Å². The number of methoxy groups -OCH3 is 1. The highest BCUT2D eigenvalue weighted by molar-refractivity contribution is 5.30. The molecule has 0 amide bonds. The molecular weight excluding hydrogens is 186 g/mol. The summed E-state index contributed by atoms with van der Waals surface area (Å²) in [6.07, 6.45) is 1.19. The molecule has 0 fully saturated rings. The molecule has 0 N–H and O–H groups in total. The molecule has 0 spiro atoms. The predicted octanol–water partition coefficient (Wildman–Crippen LogP) is 3.10. The molecule has 2 heteroatoms. The van der Waals surface area contributed by atoms with E-state index in [9.17, 15) is 0 Å². The van der Waals surface area contributed by atoms with E-state index in [1.165, 1.54) is 12.0 Å². The minimum Gasteiger partial charge on any atom is -0.497 e. The van der Waals surface area contributed by atoms with Crippen molar-refractivity contribution in [3.8, 4) is 5.75 Å². The average Bonchev–Trinajstić information content (AvgIpc) is 2.28. The molecule has 0 saturated carbocycles. The van der Waals surface area contributed by atoms with Crippen LogP contribution in [-0.2, 0) is 0 Å². The molecule has 0 aliphatic carbocycles. The van der Waals surface area contributed by atoms with Crippen molar-refractivity contribution in [3.63, 3.8) is 0 Å². The molecule has 0 aliphatic heterocycles. The highest BCUT2D eigenvalue weighted by Gasteiger charge is 2.10. The van der Waals surface area contributed by atoms with Gasteiger partial charge in [-0.1, -0.05) is 19.1 Å². The van der Waals surface area contributed by atoms with E-state index in [0.29, 0.717) is 6.04 Å². The standard InChI is InChI=1S/C13H21NO/c1-5-9-14(3)11(2)12-7-6-8-13(10-12)15-4/h6-8,10-11H,5,9H2,1-4H3. The summed E-state index contributed by atoms with van der Waals surface area (Å²) < 4.78 is 5.23. The maximum absolute atomic E-state index is 5.23. The zero-order chi connectivity index (χ0) is 11.3. The highest BCUT2D eigenvalue weighted by Crippen LogP contribution is 2.22. The van der Waals surface area contributed by atoms with E-state index in [-0.39, 0.29) is 0 Å². The lowest BCUT2D eigenvalue weighted by Gasteiger charge is -2.24. The van der Waals surface area contributed by atoms with Crippen LogP contribution in [0.3, 0.4) is 0 Å². The van der Waals surface area contributed by atoms with Crippen molar-refractivity contribution >= 4 is 0 Å². The molecular formula is C13H21NO. The van der Waals surface area contributed by atoms with Gasteiger partial charge in [-0.15, -0.1) is 0 Å². The predicted molar refractivity (Wildman–Crippen MR) is 64.3 cm³/mol. The van der Waals surface area contributed by atoms with Crippen molar-refractivity contribution in [2.24, 2.45) is 0 Å². The van der Waals surface area contributed by atoms with Gasteiger partial charge in [0.2, 0.25) is 0 Å². The Morgan fingerprint density at radius 2 is 2.13 bits per heavy atom. The largest absolute Gasteiger partial charge is 0.497 e. The Hall–Kier alpha value is -1.02. The van der Waals surface area contributed by atoms with Gasteiger partial charge < -0.3 is 4.74 Å². The molecule has 1 atom stereocenters. The number of nitrogens with zero attached hydrogens (tertiary/aromatic N) is 1. The lowest BCUT2D eigenvalue weighted by atomic mass is 10.1. The van der Waals surface area contributed by atoms with Gasteiger partial charge in [-0.2, -0.15) is 0 Å². The third kappa shape index (κ3) is 3.24. The fourth-order valence-electron chi connectivity index (χ4n) is 1.70. The number of ether oxygens (including phenoxy) is 1. The summed E-state index contributed by atoms with van der Waals surface area (Å²) in [4.78, 5) is 2.36. The van der Waals surface area contributed by atoms with E-state index in [1.54, 1.807) is 7.11 Å². The summed E-state index contributed by atoms with van der Waals surface area (Å²) in [6, 6.07) is 8.73. The van der Waals surface area contributed by atoms with Crippen LogP contribution < -0.4 is 4.74 Å². The first-order valence-electron chi connectivity index (χ1n) is 5.53. The molecule has 84 valence electrons. The first-order valence-corrected chi connectivity index (χ1v) is 5.53. The van der Waals surface area contributed by atoms with Crippen LogP contribution in [0.25, 0.3) is 0 Å². The molecule has 1 aromatic carbocycles. The summed E-state index contributed by atoms with van der Waals surface area (Å²) in [5.41, 5.74) is 1.31. The molecule has 0 heterocycles. The second kappa shape index (κ2) is 5.76. The summed E-state index contributed by atoms with van der Waals surface area (Å²) in [5.74, 6) is 0.934. The van der Waals surface area contributed by atoms with Crippen molar-refractivity contribution in [1.29, 1.82) is 0 Å². The second-order valence-corrected chi connectivity index (χ2v) is 3.93. The van der Waals surface area contributed by atoms with Crippen LogP contribution in [0.1, 0.15) is 31.9 Å². The van der Waals surface area contributed by atoms with Gasteiger partial charge >= 0.3 is 0 Å². The smallest absolute Gasteiger partial charge is 0.119 e. The Morgan fingerprint density at radius 3 is 2.73 bits per heavy atom. The van der Waals surface area contributed by atoms with E-state index < -0.39 is 0 Å². The first kappa shape index (κ1) is 12.1. The van der Waals surface area contributed by atoms with Gasteiger partial charge in [-0.25, -0.2) is 0 Å². The summed E-state index contributed by atoms with van der Waals surface area (Å²) in [5, 5.41) is 0. The maximum Gasteiger partial charge on any atom is 0.119 e. The van der Waals surface area contributed by atoms with E-state index in [0.717, 1.165) is 12.3 Å². The van der Waals surface area contributed by atoms with Gasteiger partial charge in [0.25, 0.3) is 0 Å². The van der Waals surface area contributed by atoms with Crippen molar-refractivity contribution in [3.05, 3.63) is 29.8 Å². The van der Waals surface area contributed by atoms with Crippen LogP contribution >= 0.6 is 0 Å². The van der Waals surface area contributed by atoms with Crippen LogP contribution in [0.2, 0.25) is 0 Å². The molecule has 0 bridgehead atoms. The Labute approximate surface area is 92.9 Å². The topological polar surface area (TPSA) is 12.5 Å². The van der Waals surface area contributed by atoms with Gasteiger partial charge in [-0.3, -0.25) is 4.90 Å². The lowest BCUT2D eigenvalue weighted by molar-refractivity contribution is 0.261. The zero-order valence-electron chi connectivity index (χ0n) is 10.2. The van der Waals surface area contributed by atoms with Crippen molar-refractivity contribution < 1.29 is 4.74 Å². The number of rotatable bonds is 5. The summed E-state index contributed by atoms with van der Waals surface area (Å²) in [7, 11) is 3.87. The fraction of sp³-hybridized carbons (Fsp3) is 0.538. The molecule has 0 saturated heterocycles. The third-order valence-electron chi connectivity index (χ3n) is 2.81. The SMILES string of the molecule is CCCN(C)C(C)c1cccc(OC)c1. The van der Waals surface area contributed by atoms with Crippen molar-refractivity contribution in [1.82, 2.24) is 4.90 Å². The van der Waals surface area contributed by atoms with Crippen LogP contribution in [0.5, 0.6) is 5.75 Å². The molecule has 0 aliphatic rings. The van der Waals surface area contributed by atoms with Gasteiger partial charge in [0.15, 0.2) is 0 Å². The molecule has 1 rings (SSSR count). The minimum atomic E-state index is 0.444. The Kier molecular flexibility index (Phi) is 4.63. The molecule has 1 unspecified atom stereocenters. The Morgan fingerprint density at radius 1 is 1.40 bits per heavy atom. The Bertz CT molecular complexity index is 298. The van der Waals surface area contributed by atoms with E-state index in [2.05, 4.69) is 37.9 Å². The van der Waals surface area contributed by atoms with Gasteiger partial charge in [0, 0.05) is 6.04 Å². The highest BCUT2D eigenvalue weighted by atomic mass is 16.5. The fourth-order valence-corrected chi connectivity index (χ4v) is 1.70. The van der Waals surface area contributed by atoms with Crippen LogP contribution in [-0.4, -0.2) is 25.6 Å². The molecule has 15 heavy (non-hydrogen) atoms. The third-order valence-corrected chi connectivity index (χ3v) is 2.81. The summed E-state index contributed by atoms with van der Waals surface area (Å²) in [6.45, 7) is 5.55. The van der Waals surface area contributed by atoms with Crippen LogP contribution in [0, 0.1) is 0 Å². The van der Waals surface area contributed by atoms with Crippen LogP contribution in [0.15, 0.2) is 24.3 Å². The lowest BCUT2D eigenvalue weighted by Crippen LogP contribution is -2.23. The average molecular weight is 207 g/mol. The number of hydrogen-bond acceptors (Lipinski definition) is 2. The second-order valence-electron chi connectivity index (χ2n) is 3.93. The molecule has 0 aromatic heterocycles. The van der Waals surface area contributed by atoms with E-state index in [1.807, 2.05) is 12.1 Å². The molecule has 1 aromatic rings. The Balaban J connectivity index is 2.76.